The minimum Gasteiger partial charge on any atom is -0.469 e. The fraction of sp³-hybridized carbons (Fsp3) is 0.417. The van der Waals surface area contributed by atoms with Crippen molar-refractivity contribution in [2.24, 2.45) is 5.11 Å². The molecule has 0 spiro atoms. The Bertz CT molecular complexity index is 526. The van der Waals surface area contributed by atoms with Gasteiger partial charge in [-0.15, -0.1) is 0 Å². The number of ether oxygens (including phenoxy) is 3. The zero-order valence-electron chi connectivity index (χ0n) is 10.4. The number of nitrogens with zero attached hydrogens (tertiary/aromatic N) is 3. The third-order valence-corrected chi connectivity index (χ3v) is 2.82. The Labute approximate surface area is 109 Å². The van der Waals surface area contributed by atoms with Crippen LogP contribution < -0.4 is 9.47 Å². The first kappa shape index (κ1) is 13.0. The van der Waals surface area contributed by atoms with Crippen LogP contribution >= 0.6 is 0 Å². The topological polar surface area (TPSA) is 93.5 Å². The lowest BCUT2D eigenvalue weighted by atomic mass is 10.0. The van der Waals surface area contributed by atoms with E-state index in [0.717, 1.165) is 5.56 Å². The van der Waals surface area contributed by atoms with Gasteiger partial charge in [-0.3, -0.25) is 4.79 Å². The zero-order valence-corrected chi connectivity index (χ0v) is 10.4. The maximum atomic E-state index is 11.1. The number of carbonyl (C=O) groups is 1. The molecule has 1 aliphatic heterocycles. The normalized spacial score (nSPS) is 13.5. The maximum absolute atomic E-state index is 11.1. The molecule has 2 rings (SSSR count). The standard InChI is InChI=1S/C12H13N3O4/c1-17-12(16)5-3-9(14-15-13)8-2-4-10-11(6-8)19-7-18-10/h2,4,6,9H,3,5,7H2,1H3. The summed E-state index contributed by atoms with van der Waals surface area (Å²) in [6.45, 7) is 0.188. The highest BCUT2D eigenvalue weighted by Gasteiger charge is 2.18. The lowest BCUT2D eigenvalue weighted by Gasteiger charge is -2.11. The molecule has 7 heteroatoms. The lowest BCUT2D eigenvalue weighted by Crippen LogP contribution is -2.03. The summed E-state index contributed by atoms with van der Waals surface area (Å²) < 4.78 is 15.0. The summed E-state index contributed by atoms with van der Waals surface area (Å²) in [4.78, 5) is 13.9. The summed E-state index contributed by atoms with van der Waals surface area (Å²) in [7, 11) is 1.32. The van der Waals surface area contributed by atoms with E-state index in [2.05, 4.69) is 14.8 Å². The fourth-order valence-corrected chi connectivity index (χ4v) is 1.83. The second kappa shape index (κ2) is 5.97. The quantitative estimate of drug-likeness (QED) is 0.353. The predicted octanol–water partition coefficient (Wildman–Crippen LogP) is 2.72. The number of hydrogen-bond donors (Lipinski definition) is 0. The van der Waals surface area contributed by atoms with Crippen molar-refractivity contribution in [1.82, 2.24) is 0 Å². The van der Waals surface area contributed by atoms with Crippen LogP contribution in [0.3, 0.4) is 0 Å². The van der Waals surface area contributed by atoms with Crippen LogP contribution in [0.4, 0.5) is 0 Å². The Hall–Kier alpha value is -2.40. The average Bonchev–Trinajstić information content (AvgIpc) is 2.90. The molecule has 1 aromatic rings. The summed E-state index contributed by atoms with van der Waals surface area (Å²) in [5, 5.41) is 3.70. The summed E-state index contributed by atoms with van der Waals surface area (Å²) in [5.41, 5.74) is 9.38. The number of methoxy groups -OCH3 is 1. The van der Waals surface area contributed by atoms with Gasteiger partial charge in [-0.2, -0.15) is 0 Å². The van der Waals surface area contributed by atoms with Gasteiger partial charge in [0.1, 0.15) is 0 Å². The number of carbonyl (C=O) groups excluding carboxylic acids is 1. The SMILES string of the molecule is COC(=O)CCC(N=[N+]=[N-])c1ccc2c(c1)OCO2. The van der Waals surface area contributed by atoms with Crippen LogP contribution in [-0.4, -0.2) is 19.9 Å². The van der Waals surface area contributed by atoms with Crippen molar-refractivity contribution >= 4 is 5.97 Å². The van der Waals surface area contributed by atoms with Gasteiger partial charge in [0.25, 0.3) is 0 Å². The van der Waals surface area contributed by atoms with Crippen LogP contribution in [0, 0.1) is 0 Å². The summed E-state index contributed by atoms with van der Waals surface area (Å²) >= 11 is 0. The minimum absolute atomic E-state index is 0.188. The van der Waals surface area contributed by atoms with Crippen LogP contribution in [0.1, 0.15) is 24.4 Å². The Morgan fingerprint density at radius 2 is 2.32 bits per heavy atom. The largest absolute Gasteiger partial charge is 0.469 e. The smallest absolute Gasteiger partial charge is 0.305 e. The Morgan fingerprint density at radius 3 is 3.05 bits per heavy atom. The van der Waals surface area contributed by atoms with Gasteiger partial charge in [-0.25, -0.2) is 0 Å². The molecule has 0 saturated carbocycles. The number of hydrogen-bond acceptors (Lipinski definition) is 5. The third kappa shape index (κ3) is 3.08. The molecule has 19 heavy (non-hydrogen) atoms. The minimum atomic E-state index is -0.432. The van der Waals surface area contributed by atoms with Crippen LogP contribution in [-0.2, 0) is 9.53 Å². The van der Waals surface area contributed by atoms with E-state index < -0.39 is 6.04 Å². The van der Waals surface area contributed by atoms with Crippen molar-refractivity contribution in [2.45, 2.75) is 18.9 Å². The molecule has 0 aromatic heterocycles. The van der Waals surface area contributed by atoms with Gasteiger partial charge in [-0.1, -0.05) is 11.2 Å². The van der Waals surface area contributed by atoms with Crippen molar-refractivity contribution < 1.29 is 19.0 Å². The van der Waals surface area contributed by atoms with Crippen LogP contribution in [0.25, 0.3) is 10.4 Å². The molecular formula is C12H13N3O4. The van der Waals surface area contributed by atoms with Gasteiger partial charge >= 0.3 is 5.97 Å². The Morgan fingerprint density at radius 1 is 1.53 bits per heavy atom. The highest BCUT2D eigenvalue weighted by atomic mass is 16.7. The van der Waals surface area contributed by atoms with Gasteiger partial charge in [0.2, 0.25) is 6.79 Å². The highest BCUT2D eigenvalue weighted by Crippen LogP contribution is 2.36. The molecule has 1 heterocycles. The van der Waals surface area contributed by atoms with Crippen molar-refractivity contribution in [3.8, 4) is 11.5 Å². The number of benzene rings is 1. The van der Waals surface area contributed by atoms with Crippen molar-refractivity contribution in [3.05, 3.63) is 34.2 Å². The molecule has 100 valence electrons. The molecule has 0 fully saturated rings. The highest BCUT2D eigenvalue weighted by molar-refractivity contribution is 5.69. The number of esters is 1. The Balaban J connectivity index is 2.14. The van der Waals surface area contributed by atoms with E-state index in [9.17, 15) is 4.79 Å². The monoisotopic (exact) mass is 263 g/mol. The molecule has 1 unspecified atom stereocenters. The van der Waals surface area contributed by atoms with E-state index in [-0.39, 0.29) is 19.2 Å². The van der Waals surface area contributed by atoms with Crippen LogP contribution in [0.5, 0.6) is 11.5 Å². The van der Waals surface area contributed by atoms with E-state index >= 15 is 0 Å². The van der Waals surface area contributed by atoms with Gasteiger partial charge in [0, 0.05) is 11.3 Å². The van der Waals surface area contributed by atoms with E-state index in [4.69, 9.17) is 15.0 Å². The third-order valence-electron chi connectivity index (χ3n) is 2.82. The molecule has 0 amide bonds. The van der Waals surface area contributed by atoms with Gasteiger partial charge in [0.05, 0.1) is 13.2 Å². The Kier molecular flexibility index (Phi) is 4.10. The van der Waals surface area contributed by atoms with Gasteiger partial charge < -0.3 is 14.2 Å². The maximum Gasteiger partial charge on any atom is 0.305 e. The molecule has 7 nitrogen and oxygen atoms in total. The molecular weight excluding hydrogens is 250 g/mol. The molecule has 0 radical (unpaired) electrons. The van der Waals surface area contributed by atoms with Gasteiger partial charge in [-0.05, 0) is 29.6 Å². The zero-order chi connectivity index (χ0) is 13.7. The van der Waals surface area contributed by atoms with E-state index in [0.29, 0.717) is 17.9 Å². The number of rotatable bonds is 5. The first-order chi connectivity index (χ1) is 9.24. The van der Waals surface area contributed by atoms with E-state index in [1.807, 2.05) is 0 Å². The van der Waals surface area contributed by atoms with E-state index in [1.54, 1.807) is 18.2 Å². The molecule has 1 atom stereocenters. The average molecular weight is 263 g/mol. The summed E-state index contributed by atoms with van der Waals surface area (Å²) in [5.74, 6) is 0.948. The first-order valence-electron chi connectivity index (χ1n) is 5.75. The fourth-order valence-electron chi connectivity index (χ4n) is 1.83. The second-order valence-electron chi connectivity index (χ2n) is 3.95. The first-order valence-corrected chi connectivity index (χ1v) is 5.75. The van der Waals surface area contributed by atoms with Gasteiger partial charge in [0.15, 0.2) is 11.5 Å². The van der Waals surface area contributed by atoms with Crippen LogP contribution in [0.2, 0.25) is 0 Å². The summed E-state index contributed by atoms with van der Waals surface area (Å²) in [6.07, 6.45) is 0.574. The molecule has 0 saturated heterocycles. The predicted molar refractivity (Wildman–Crippen MR) is 65.7 cm³/mol. The molecule has 0 aliphatic carbocycles. The van der Waals surface area contributed by atoms with Crippen molar-refractivity contribution in [3.63, 3.8) is 0 Å². The lowest BCUT2D eigenvalue weighted by molar-refractivity contribution is -0.140. The number of fused-ring (bicyclic) bond motifs is 1. The molecule has 0 bridgehead atoms. The van der Waals surface area contributed by atoms with Crippen molar-refractivity contribution in [2.75, 3.05) is 13.9 Å². The second-order valence-corrected chi connectivity index (χ2v) is 3.95. The van der Waals surface area contributed by atoms with E-state index in [1.165, 1.54) is 7.11 Å². The molecule has 1 aromatic carbocycles. The van der Waals surface area contributed by atoms with Crippen LogP contribution in [0.15, 0.2) is 23.3 Å². The molecule has 0 N–H and O–H groups in total. The molecule has 1 aliphatic rings. The number of azide groups is 1. The summed E-state index contributed by atoms with van der Waals surface area (Å²) in [6, 6.07) is 4.89. The van der Waals surface area contributed by atoms with Crippen molar-refractivity contribution in [1.29, 1.82) is 0 Å².